The summed E-state index contributed by atoms with van der Waals surface area (Å²) in [6.45, 7) is 0. The maximum Gasteiger partial charge on any atom is 0.240 e. The van der Waals surface area contributed by atoms with Crippen LogP contribution >= 0.6 is 0 Å². The van der Waals surface area contributed by atoms with Gasteiger partial charge >= 0.3 is 0 Å². The zero-order valence-corrected chi connectivity index (χ0v) is 11.5. The molecule has 3 rings (SSSR count). The molecule has 0 atom stereocenters. The second-order valence-corrected chi connectivity index (χ2v) is 6.33. The van der Waals surface area contributed by atoms with Crippen molar-refractivity contribution in [2.75, 3.05) is 5.32 Å². The van der Waals surface area contributed by atoms with Crippen LogP contribution in [0.4, 0.5) is 11.6 Å². The van der Waals surface area contributed by atoms with Gasteiger partial charge in [-0.3, -0.25) is 0 Å². The molecule has 6 nitrogen and oxygen atoms in total. The van der Waals surface area contributed by atoms with Crippen LogP contribution in [0.15, 0.2) is 47.6 Å². The zero-order chi connectivity index (χ0) is 14.0. The third-order valence-electron chi connectivity index (χ3n) is 2.89. The van der Waals surface area contributed by atoms with E-state index in [1.54, 1.807) is 42.7 Å². The summed E-state index contributed by atoms with van der Waals surface area (Å²) < 4.78 is 26.6. The van der Waals surface area contributed by atoms with E-state index in [0.717, 1.165) is 18.5 Å². The average Bonchev–Trinajstić information content (AvgIpc) is 3.24. The van der Waals surface area contributed by atoms with Crippen molar-refractivity contribution in [3.63, 3.8) is 0 Å². The van der Waals surface area contributed by atoms with Gasteiger partial charge in [0.05, 0.1) is 4.90 Å². The maximum atomic E-state index is 12.0. The van der Waals surface area contributed by atoms with Gasteiger partial charge in [-0.15, -0.1) is 0 Å². The van der Waals surface area contributed by atoms with Crippen LogP contribution in [-0.2, 0) is 10.0 Å². The molecule has 1 saturated carbocycles. The number of sulfonamides is 1. The Morgan fingerprint density at radius 1 is 1.05 bits per heavy atom. The number of benzene rings is 1. The lowest BCUT2D eigenvalue weighted by molar-refractivity contribution is 0.581. The number of hydrogen-bond acceptors (Lipinski definition) is 5. The van der Waals surface area contributed by atoms with Gasteiger partial charge < -0.3 is 5.32 Å². The highest BCUT2D eigenvalue weighted by Gasteiger charge is 2.27. The number of nitrogens with zero attached hydrogens (tertiary/aromatic N) is 2. The summed E-state index contributed by atoms with van der Waals surface area (Å²) in [5, 5.41) is 3.00. The lowest BCUT2D eigenvalue weighted by Gasteiger charge is -2.07. The van der Waals surface area contributed by atoms with Crippen LogP contribution in [0.3, 0.4) is 0 Å². The van der Waals surface area contributed by atoms with E-state index in [-0.39, 0.29) is 10.9 Å². The Labute approximate surface area is 117 Å². The van der Waals surface area contributed by atoms with Crippen molar-refractivity contribution in [2.45, 2.75) is 23.8 Å². The first kappa shape index (κ1) is 13.0. The summed E-state index contributed by atoms with van der Waals surface area (Å²) in [5.41, 5.74) is 0.738. The fraction of sp³-hybridized carbons (Fsp3) is 0.231. The molecule has 0 aliphatic heterocycles. The average molecular weight is 290 g/mol. The summed E-state index contributed by atoms with van der Waals surface area (Å²) in [7, 11) is -3.40. The minimum absolute atomic E-state index is 0.107. The van der Waals surface area contributed by atoms with Crippen molar-refractivity contribution in [3.05, 3.63) is 42.7 Å². The van der Waals surface area contributed by atoms with E-state index in [0.29, 0.717) is 5.95 Å². The number of nitrogens with one attached hydrogen (secondary N) is 2. The molecule has 1 heterocycles. The molecule has 1 fully saturated rings. The molecule has 7 heteroatoms. The van der Waals surface area contributed by atoms with Gasteiger partial charge in [0.1, 0.15) is 0 Å². The van der Waals surface area contributed by atoms with Crippen LogP contribution in [0.2, 0.25) is 0 Å². The van der Waals surface area contributed by atoms with Gasteiger partial charge in [-0.25, -0.2) is 23.1 Å². The van der Waals surface area contributed by atoms with Crippen LogP contribution in [0.5, 0.6) is 0 Å². The van der Waals surface area contributed by atoms with Crippen LogP contribution in [0.25, 0.3) is 0 Å². The van der Waals surface area contributed by atoms with Crippen LogP contribution in [0, 0.1) is 0 Å². The van der Waals surface area contributed by atoms with Gasteiger partial charge in [0.15, 0.2) is 0 Å². The largest absolute Gasteiger partial charge is 0.324 e. The van der Waals surface area contributed by atoms with Crippen molar-refractivity contribution in [1.82, 2.24) is 14.7 Å². The Kier molecular flexibility index (Phi) is 3.37. The van der Waals surface area contributed by atoms with E-state index in [2.05, 4.69) is 20.0 Å². The first-order chi connectivity index (χ1) is 9.63. The van der Waals surface area contributed by atoms with Gasteiger partial charge in [0.2, 0.25) is 16.0 Å². The zero-order valence-electron chi connectivity index (χ0n) is 10.7. The van der Waals surface area contributed by atoms with Gasteiger partial charge in [-0.05, 0) is 43.2 Å². The maximum absolute atomic E-state index is 12.0. The normalized spacial score (nSPS) is 15.0. The Morgan fingerprint density at radius 2 is 1.70 bits per heavy atom. The fourth-order valence-electron chi connectivity index (χ4n) is 1.70. The Hall–Kier alpha value is -1.99. The standard InChI is InChI=1S/C13H14N4O2S/c18-20(19,17-11-2-3-11)12-6-4-10(5-7-12)16-13-14-8-1-9-15-13/h1,4-9,11,17H,2-3H2,(H,14,15,16). The molecule has 0 amide bonds. The summed E-state index contributed by atoms with van der Waals surface area (Å²) in [5.74, 6) is 0.471. The molecule has 2 N–H and O–H groups in total. The molecule has 0 saturated heterocycles. The van der Waals surface area contributed by atoms with Crippen molar-refractivity contribution in [3.8, 4) is 0 Å². The topological polar surface area (TPSA) is 84.0 Å². The minimum atomic E-state index is -3.40. The summed E-state index contributed by atoms with van der Waals surface area (Å²) in [4.78, 5) is 8.35. The predicted octanol–water partition coefficient (Wildman–Crippen LogP) is 1.66. The van der Waals surface area contributed by atoms with E-state index in [1.807, 2.05) is 0 Å². The molecule has 20 heavy (non-hydrogen) atoms. The molecular weight excluding hydrogens is 276 g/mol. The van der Waals surface area contributed by atoms with E-state index in [1.165, 1.54) is 0 Å². The molecule has 104 valence electrons. The third kappa shape index (κ3) is 3.12. The number of rotatable bonds is 5. The van der Waals surface area contributed by atoms with E-state index < -0.39 is 10.0 Å². The predicted molar refractivity (Wildman–Crippen MR) is 75.1 cm³/mol. The lowest BCUT2D eigenvalue weighted by Crippen LogP contribution is -2.25. The lowest BCUT2D eigenvalue weighted by atomic mass is 10.3. The molecule has 0 unspecified atom stereocenters. The third-order valence-corrected chi connectivity index (χ3v) is 4.42. The molecule has 0 radical (unpaired) electrons. The Morgan fingerprint density at radius 3 is 2.30 bits per heavy atom. The minimum Gasteiger partial charge on any atom is -0.324 e. The molecule has 2 aromatic rings. The van der Waals surface area contributed by atoms with E-state index >= 15 is 0 Å². The van der Waals surface area contributed by atoms with Gasteiger partial charge in [-0.2, -0.15) is 0 Å². The van der Waals surface area contributed by atoms with E-state index in [4.69, 9.17) is 0 Å². The molecule has 1 aromatic heterocycles. The van der Waals surface area contributed by atoms with Gasteiger partial charge in [0, 0.05) is 24.1 Å². The number of hydrogen-bond donors (Lipinski definition) is 2. The van der Waals surface area contributed by atoms with Gasteiger partial charge in [-0.1, -0.05) is 0 Å². The van der Waals surface area contributed by atoms with Crippen molar-refractivity contribution >= 4 is 21.7 Å². The summed E-state index contributed by atoms with van der Waals surface area (Å²) in [6.07, 6.45) is 5.11. The monoisotopic (exact) mass is 290 g/mol. The first-order valence-electron chi connectivity index (χ1n) is 6.30. The SMILES string of the molecule is O=S(=O)(NC1CC1)c1ccc(Nc2ncccn2)cc1. The second kappa shape index (κ2) is 5.18. The molecular formula is C13H14N4O2S. The first-order valence-corrected chi connectivity index (χ1v) is 7.78. The molecule has 1 aromatic carbocycles. The van der Waals surface area contributed by atoms with Gasteiger partial charge in [0.25, 0.3) is 0 Å². The fourth-order valence-corrected chi connectivity index (χ4v) is 3.00. The molecule has 1 aliphatic carbocycles. The van der Waals surface area contributed by atoms with Crippen LogP contribution in [0.1, 0.15) is 12.8 Å². The Bertz CT molecular complexity index is 682. The second-order valence-electron chi connectivity index (χ2n) is 4.62. The highest BCUT2D eigenvalue weighted by Crippen LogP contribution is 2.23. The Balaban J connectivity index is 1.74. The summed E-state index contributed by atoms with van der Waals surface area (Å²) in [6, 6.07) is 8.35. The van der Waals surface area contributed by atoms with Crippen LogP contribution < -0.4 is 10.0 Å². The quantitative estimate of drug-likeness (QED) is 0.875. The highest BCUT2D eigenvalue weighted by molar-refractivity contribution is 7.89. The van der Waals surface area contributed by atoms with Crippen molar-refractivity contribution < 1.29 is 8.42 Å². The van der Waals surface area contributed by atoms with Crippen LogP contribution in [-0.4, -0.2) is 24.4 Å². The summed E-state index contributed by atoms with van der Waals surface area (Å²) >= 11 is 0. The van der Waals surface area contributed by atoms with Crippen molar-refractivity contribution in [1.29, 1.82) is 0 Å². The highest BCUT2D eigenvalue weighted by atomic mass is 32.2. The molecule has 1 aliphatic rings. The van der Waals surface area contributed by atoms with E-state index in [9.17, 15) is 8.42 Å². The smallest absolute Gasteiger partial charge is 0.240 e. The number of anilines is 2. The molecule has 0 bridgehead atoms. The molecule has 0 spiro atoms. The number of aromatic nitrogens is 2. The van der Waals surface area contributed by atoms with Crippen molar-refractivity contribution in [2.24, 2.45) is 0 Å².